The van der Waals surface area contributed by atoms with Crippen LogP contribution in [0.2, 0.25) is 0 Å². The number of nitrogens with zero attached hydrogens (tertiary/aromatic N) is 2. The van der Waals surface area contributed by atoms with E-state index in [4.69, 9.17) is 9.15 Å². The third kappa shape index (κ3) is 5.11. The van der Waals surface area contributed by atoms with Gasteiger partial charge < -0.3 is 14.5 Å². The molecule has 1 atom stereocenters. The summed E-state index contributed by atoms with van der Waals surface area (Å²) >= 11 is 4.60. The summed E-state index contributed by atoms with van der Waals surface area (Å²) in [4.78, 5) is 12.2. The van der Waals surface area contributed by atoms with Gasteiger partial charge in [0.25, 0.3) is 11.1 Å². The lowest BCUT2D eigenvalue weighted by molar-refractivity contribution is -0.119. The molecule has 0 bridgehead atoms. The molecular weight excluding hydrogens is 430 g/mol. The summed E-state index contributed by atoms with van der Waals surface area (Å²) in [5.74, 6) is 1.10. The topological polar surface area (TPSA) is 77.2 Å². The molecule has 0 saturated carbocycles. The predicted molar refractivity (Wildman–Crippen MR) is 108 cm³/mol. The van der Waals surface area contributed by atoms with Gasteiger partial charge in [0.1, 0.15) is 5.75 Å². The van der Waals surface area contributed by atoms with Crippen LogP contribution in [0.1, 0.15) is 18.5 Å². The van der Waals surface area contributed by atoms with Crippen LogP contribution < -0.4 is 10.1 Å². The van der Waals surface area contributed by atoms with Crippen LogP contribution in [0.15, 0.2) is 62.6 Å². The fourth-order valence-electron chi connectivity index (χ4n) is 2.44. The zero-order valence-corrected chi connectivity index (χ0v) is 17.2. The summed E-state index contributed by atoms with van der Waals surface area (Å²) < 4.78 is 11.9. The van der Waals surface area contributed by atoms with Gasteiger partial charge in [-0.25, -0.2) is 0 Å². The van der Waals surface area contributed by atoms with Gasteiger partial charge >= 0.3 is 0 Å². The van der Waals surface area contributed by atoms with E-state index in [9.17, 15) is 4.79 Å². The van der Waals surface area contributed by atoms with Crippen molar-refractivity contribution in [1.82, 2.24) is 15.5 Å². The van der Waals surface area contributed by atoms with Gasteiger partial charge in [0.05, 0.1) is 24.5 Å². The SMILES string of the molecule is COc1ccccc1-c1nnc(SCC(=O)NC(C)c2ccc(Br)cc2)o1. The number of benzene rings is 2. The van der Waals surface area contributed by atoms with Gasteiger partial charge in [-0.05, 0) is 36.8 Å². The summed E-state index contributed by atoms with van der Waals surface area (Å²) in [6.07, 6.45) is 0. The van der Waals surface area contributed by atoms with E-state index < -0.39 is 0 Å². The maximum Gasteiger partial charge on any atom is 0.277 e. The number of carbonyl (C=O) groups excluding carboxylic acids is 1. The lowest BCUT2D eigenvalue weighted by Crippen LogP contribution is -2.28. The van der Waals surface area contributed by atoms with E-state index in [1.165, 1.54) is 11.8 Å². The third-order valence-electron chi connectivity index (χ3n) is 3.82. The minimum Gasteiger partial charge on any atom is -0.496 e. The number of ether oxygens (including phenoxy) is 1. The summed E-state index contributed by atoms with van der Waals surface area (Å²) in [5, 5.41) is 11.3. The normalized spacial score (nSPS) is 11.8. The monoisotopic (exact) mass is 447 g/mol. The number of para-hydroxylation sites is 1. The first kappa shape index (κ1) is 19.4. The van der Waals surface area contributed by atoms with Crippen molar-refractivity contribution in [3.05, 3.63) is 58.6 Å². The summed E-state index contributed by atoms with van der Waals surface area (Å²) in [5.41, 5.74) is 1.75. The number of aromatic nitrogens is 2. The first-order valence-corrected chi connectivity index (χ1v) is 9.99. The first-order valence-electron chi connectivity index (χ1n) is 8.21. The molecule has 1 heterocycles. The van der Waals surface area contributed by atoms with E-state index in [2.05, 4.69) is 31.4 Å². The summed E-state index contributed by atoms with van der Waals surface area (Å²) in [6, 6.07) is 15.2. The van der Waals surface area contributed by atoms with E-state index in [0.717, 1.165) is 10.0 Å². The molecule has 0 saturated heterocycles. The van der Waals surface area contributed by atoms with Crippen molar-refractivity contribution in [1.29, 1.82) is 0 Å². The number of hydrogen-bond acceptors (Lipinski definition) is 6. The summed E-state index contributed by atoms with van der Waals surface area (Å²) in [7, 11) is 1.59. The van der Waals surface area contributed by atoms with Crippen molar-refractivity contribution in [3.8, 4) is 17.2 Å². The average Bonchev–Trinajstić information content (AvgIpc) is 3.15. The van der Waals surface area contributed by atoms with Crippen LogP contribution in [0.3, 0.4) is 0 Å². The minimum atomic E-state index is -0.104. The van der Waals surface area contributed by atoms with Gasteiger partial charge in [-0.15, -0.1) is 10.2 Å². The molecular formula is C19H18BrN3O3S. The van der Waals surface area contributed by atoms with E-state index >= 15 is 0 Å². The molecule has 0 aliphatic rings. The van der Waals surface area contributed by atoms with Crippen LogP contribution >= 0.6 is 27.7 Å². The smallest absolute Gasteiger partial charge is 0.277 e. The van der Waals surface area contributed by atoms with Crippen LogP contribution in [0.5, 0.6) is 5.75 Å². The minimum absolute atomic E-state index is 0.0852. The second-order valence-electron chi connectivity index (χ2n) is 5.70. The van der Waals surface area contributed by atoms with Crippen LogP contribution in [0.4, 0.5) is 0 Å². The number of thioether (sulfide) groups is 1. The molecule has 0 spiro atoms. The first-order chi connectivity index (χ1) is 13.1. The Labute approximate surface area is 169 Å². The lowest BCUT2D eigenvalue weighted by atomic mass is 10.1. The van der Waals surface area contributed by atoms with Crippen molar-refractivity contribution < 1.29 is 13.9 Å². The van der Waals surface area contributed by atoms with Crippen molar-refractivity contribution in [2.75, 3.05) is 12.9 Å². The molecule has 1 amide bonds. The highest BCUT2D eigenvalue weighted by molar-refractivity contribution is 9.10. The Morgan fingerprint density at radius 1 is 1.22 bits per heavy atom. The Morgan fingerprint density at radius 2 is 1.96 bits per heavy atom. The van der Waals surface area contributed by atoms with E-state index in [-0.39, 0.29) is 17.7 Å². The Morgan fingerprint density at radius 3 is 2.70 bits per heavy atom. The zero-order chi connectivity index (χ0) is 19.2. The van der Waals surface area contributed by atoms with E-state index in [1.54, 1.807) is 7.11 Å². The zero-order valence-electron chi connectivity index (χ0n) is 14.8. The third-order valence-corrected chi connectivity index (χ3v) is 5.17. The van der Waals surface area contributed by atoms with Gasteiger partial charge in [0.15, 0.2) is 0 Å². The molecule has 0 aliphatic carbocycles. The number of nitrogens with one attached hydrogen (secondary N) is 1. The molecule has 0 fully saturated rings. The number of halogens is 1. The van der Waals surface area contributed by atoms with Crippen LogP contribution in [0.25, 0.3) is 11.5 Å². The Balaban J connectivity index is 1.56. The van der Waals surface area contributed by atoms with Gasteiger partial charge in [0.2, 0.25) is 5.91 Å². The molecule has 27 heavy (non-hydrogen) atoms. The Hall–Kier alpha value is -2.32. The molecule has 1 aromatic heterocycles. The Kier molecular flexibility index (Phi) is 6.52. The number of methoxy groups -OCH3 is 1. The molecule has 6 nitrogen and oxygen atoms in total. The highest BCUT2D eigenvalue weighted by Crippen LogP contribution is 2.30. The fourth-order valence-corrected chi connectivity index (χ4v) is 3.28. The fraction of sp³-hybridized carbons (Fsp3) is 0.211. The predicted octanol–water partition coefficient (Wildman–Crippen LogP) is 4.48. The lowest BCUT2D eigenvalue weighted by Gasteiger charge is -2.13. The number of amides is 1. The van der Waals surface area contributed by atoms with Gasteiger partial charge in [0, 0.05) is 4.47 Å². The van der Waals surface area contributed by atoms with Crippen molar-refractivity contribution in [2.45, 2.75) is 18.2 Å². The average molecular weight is 448 g/mol. The standard InChI is InChI=1S/C19H18BrN3O3S/c1-12(13-7-9-14(20)10-8-13)21-17(24)11-27-19-23-22-18(26-19)15-5-3-4-6-16(15)25-2/h3-10,12H,11H2,1-2H3,(H,21,24). The molecule has 8 heteroatoms. The van der Waals surface area contributed by atoms with Crippen LogP contribution in [-0.2, 0) is 4.79 Å². The maximum absolute atomic E-state index is 12.2. The molecule has 1 unspecified atom stereocenters. The molecule has 3 rings (SSSR count). The molecule has 2 aromatic carbocycles. The number of carbonyl (C=O) groups is 1. The largest absolute Gasteiger partial charge is 0.496 e. The summed E-state index contributed by atoms with van der Waals surface area (Å²) in [6.45, 7) is 1.94. The Bertz CT molecular complexity index is 915. The quantitative estimate of drug-likeness (QED) is 0.538. The molecule has 1 N–H and O–H groups in total. The van der Waals surface area contributed by atoms with Crippen LogP contribution in [0, 0.1) is 0 Å². The number of hydrogen-bond donors (Lipinski definition) is 1. The van der Waals surface area contributed by atoms with Gasteiger partial charge in [-0.2, -0.15) is 0 Å². The maximum atomic E-state index is 12.2. The highest BCUT2D eigenvalue weighted by Gasteiger charge is 2.15. The second kappa shape index (κ2) is 9.05. The van der Waals surface area contributed by atoms with Gasteiger partial charge in [-0.3, -0.25) is 4.79 Å². The molecule has 3 aromatic rings. The van der Waals surface area contributed by atoms with E-state index in [1.807, 2.05) is 55.5 Å². The highest BCUT2D eigenvalue weighted by atomic mass is 79.9. The van der Waals surface area contributed by atoms with Crippen LogP contribution in [-0.4, -0.2) is 29.0 Å². The number of rotatable bonds is 7. The van der Waals surface area contributed by atoms with Crippen molar-refractivity contribution in [2.24, 2.45) is 0 Å². The van der Waals surface area contributed by atoms with Crippen molar-refractivity contribution in [3.63, 3.8) is 0 Å². The molecule has 0 radical (unpaired) electrons. The van der Waals surface area contributed by atoms with Crippen molar-refractivity contribution >= 4 is 33.6 Å². The van der Waals surface area contributed by atoms with E-state index in [0.29, 0.717) is 22.4 Å². The molecule has 140 valence electrons. The second-order valence-corrected chi connectivity index (χ2v) is 7.55. The molecule has 0 aliphatic heterocycles. The van der Waals surface area contributed by atoms with Gasteiger partial charge in [-0.1, -0.05) is 52.0 Å².